The molecule has 0 atom stereocenters. The van der Waals surface area contributed by atoms with E-state index in [1.807, 2.05) is 0 Å². The molecule has 0 fully saturated rings. The summed E-state index contributed by atoms with van der Waals surface area (Å²) in [6, 6.07) is 56.7. The van der Waals surface area contributed by atoms with Gasteiger partial charge in [0.25, 0.3) is 0 Å². The third kappa shape index (κ3) is 5.25. The van der Waals surface area contributed by atoms with Crippen molar-refractivity contribution in [3.63, 3.8) is 0 Å². The van der Waals surface area contributed by atoms with Crippen molar-refractivity contribution in [3.8, 4) is 22.3 Å². The highest BCUT2D eigenvalue weighted by Gasteiger charge is 2.20. The molecule has 0 saturated heterocycles. The minimum absolute atomic E-state index is 0.708. The lowest BCUT2D eigenvalue weighted by Gasteiger charge is -2.31. The van der Waals surface area contributed by atoms with Crippen molar-refractivity contribution >= 4 is 44.2 Å². The third-order valence-corrected chi connectivity index (χ3v) is 9.02. The van der Waals surface area contributed by atoms with Crippen molar-refractivity contribution in [2.45, 2.75) is 6.92 Å². The summed E-state index contributed by atoms with van der Waals surface area (Å²) < 4.78 is 0. The maximum Gasteiger partial charge on any atom is 0.0632 e. The zero-order chi connectivity index (χ0) is 30.9. The third-order valence-electron chi connectivity index (χ3n) is 9.02. The number of rotatable bonds is 5. The molecule has 0 bridgehead atoms. The van der Waals surface area contributed by atoms with Crippen LogP contribution in [0.4, 0.5) is 17.1 Å². The highest BCUT2D eigenvalue weighted by atomic mass is 15.2. The fourth-order valence-electron chi connectivity index (χ4n) is 6.65. The molecule has 0 radical (unpaired) electrons. The Morgan fingerprint density at radius 1 is 0.500 bits per heavy atom. The van der Waals surface area contributed by atoms with Gasteiger partial charge in [0.05, 0.1) is 6.54 Å². The highest BCUT2D eigenvalue weighted by Crippen LogP contribution is 2.40. The van der Waals surface area contributed by atoms with E-state index in [0.717, 1.165) is 17.1 Å². The molecule has 2 heteroatoms. The van der Waals surface area contributed by atoms with Crippen molar-refractivity contribution in [3.05, 3.63) is 181 Å². The van der Waals surface area contributed by atoms with E-state index in [1.165, 1.54) is 60.6 Å². The number of nitrogens with one attached hydrogen (secondary N) is 1. The van der Waals surface area contributed by atoms with Crippen molar-refractivity contribution in [2.24, 2.45) is 0 Å². The smallest absolute Gasteiger partial charge is 0.0632 e. The molecule has 7 aromatic rings. The second-order valence-electron chi connectivity index (χ2n) is 12.0. The number of nitrogens with zero attached hydrogens (tertiary/aromatic N) is 1. The summed E-state index contributed by atoms with van der Waals surface area (Å²) in [5.74, 6) is 0. The van der Waals surface area contributed by atoms with Gasteiger partial charge in [0.15, 0.2) is 0 Å². The summed E-state index contributed by atoms with van der Waals surface area (Å²) in [7, 11) is 0. The molecule has 0 unspecified atom stereocenters. The molecule has 8 rings (SSSR count). The van der Waals surface area contributed by atoms with Gasteiger partial charge in [-0.05, 0) is 105 Å². The van der Waals surface area contributed by atoms with Gasteiger partial charge in [-0.1, -0.05) is 121 Å². The van der Waals surface area contributed by atoms with Crippen LogP contribution in [0.1, 0.15) is 12.5 Å². The molecule has 0 aromatic heterocycles. The highest BCUT2D eigenvalue weighted by molar-refractivity contribution is 6.14. The van der Waals surface area contributed by atoms with Crippen LogP contribution in [0.25, 0.3) is 49.4 Å². The minimum atomic E-state index is 0.708. The van der Waals surface area contributed by atoms with E-state index in [0.29, 0.717) is 6.54 Å². The summed E-state index contributed by atoms with van der Waals surface area (Å²) in [5.41, 5.74) is 11.9. The van der Waals surface area contributed by atoms with Crippen LogP contribution in [0.5, 0.6) is 0 Å². The van der Waals surface area contributed by atoms with E-state index in [-0.39, 0.29) is 0 Å². The molecule has 0 saturated carbocycles. The van der Waals surface area contributed by atoms with Gasteiger partial charge in [0, 0.05) is 28.3 Å². The van der Waals surface area contributed by atoms with Crippen molar-refractivity contribution in [2.75, 3.05) is 16.8 Å². The van der Waals surface area contributed by atoms with E-state index < -0.39 is 0 Å². The lowest BCUT2D eigenvalue weighted by molar-refractivity contribution is 1.03. The number of fused-ring (bicyclic) bond motifs is 4. The molecule has 0 amide bonds. The number of hydrogen-bond donors (Lipinski definition) is 1. The topological polar surface area (TPSA) is 15.3 Å². The Labute approximate surface area is 270 Å². The second kappa shape index (κ2) is 11.9. The van der Waals surface area contributed by atoms with Crippen LogP contribution in [0.3, 0.4) is 0 Å². The van der Waals surface area contributed by atoms with E-state index in [2.05, 4.69) is 187 Å². The summed E-state index contributed by atoms with van der Waals surface area (Å²) in [5, 5.41) is 8.84. The molecule has 0 aliphatic carbocycles. The van der Waals surface area contributed by atoms with Gasteiger partial charge in [0.1, 0.15) is 0 Å². The molecule has 1 aliphatic heterocycles. The van der Waals surface area contributed by atoms with Crippen LogP contribution >= 0.6 is 0 Å². The predicted molar refractivity (Wildman–Crippen MR) is 198 cm³/mol. The van der Waals surface area contributed by atoms with E-state index in [1.54, 1.807) is 0 Å². The zero-order valence-electron chi connectivity index (χ0n) is 25.8. The zero-order valence-corrected chi connectivity index (χ0v) is 25.8. The number of anilines is 3. The first kappa shape index (κ1) is 27.7. The number of hydrogen-bond acceptors (Lipinski definition) is 2. The van der Waals surface area contributed by atoms with Gasteiger partial charge in [-0.15, -0.1) is 0 Å². The van der Waals surface area contributed by atoms with Crippen LogP contribution in [-0.2, 0) is 0 Å². The molecule has 1 N–H and O–H groups in total. The molecular weight excluding hydrogens is 556 g/mol. The first-order chi connectivity index (χ1) is 22.7. The van der Waals surface area contributed by atoms with Crippen LogP contribution in [0.2, 0.25) is 0 Å². The Morgan fingerprint density at radius 2 is 1.13 bits per heavy atom. The largest absolute Gasteiger partial charge is 0.357 e. The maximum atomic E-state index is 3.73. The van der Waals surface area contributed by atoms with Crippen LogP contribution in [0, 0.1) is 0 Å². The Bertz CT molecular complexity index is 2240. The molecule has 2 nitrogen and oxygen atoms in total. The van der Waals surface area contributed by atoms with E-state index in [4.69, 9.17) is 0 Å². The van der Waals surface area contributed by atoms with Crippen LogP contribution in [0.15, 0.2) is 176 Å². The fraction of sp³-hybridized carbons (Fsp3) is 0.0455. The summed E-state index contributed by atoms with van der Waals surface area (Å²) in [4.78, 5) is 2.42. The Balaban J connectivity index is 1.21. The van der Waals surface area contributed by atoms with Crippen LogP contribution < -0.4 is 10.2 Å². The predicted octanol–water partition coefficient (Wildman–Crippen LogP) is 11.9. The Morgan fingerprint density at radius 3 is 1.91 bits per heavy atom. The maximum absolute atomic E-state index is 3.73. The average molecular weight is 591 g/mol. The lowest BCUT2D eigenvalue weighted by atomic mass is 9.90. The van der Waals surface area contributed by atoms with E-state index >= 15 is 0 Å². The monoisotopic (exact) mass is 590 g/mol. The Hall–Kier alpha value is -5.86. The standard InChI is InChI=1S/C44H34N2/c1-31-20-24-37(45-36-25-21-33(22-26-36)32-12-4-2-5-13-32)30-46(38-15-6-3-7-16-38)44-27-23-35(28-42(31)44)43-29-34-14-8-9-17-39(34)40-18-10-11-19-41(40)43/h2-29,45H,30H2,1H3/b31-20+,37-24+. The van der Waals surface area contributed by atoms with Crippen molar-refractivity contribution in [1.82, 2.24) is 0 Å². The summed E-state index contributed by atoms with van der Waals surface area (Å²) in [6.07, 6.45) is 4.49. The van der Waals surface area contributed by atoms with E-state index in [9.17, 15) is 0 Å². The van der Waals surface area contributed by atoms with Gasteiger partial charge in [-0.2, -0.15) is 0 Å². The molecule has 220 valence electrons. The quantitative estimate of drug-likeness (QED) is 0.201. The summed E-state index contributed by atoms with van der Waals surface area (Å²) >= 11 is 0. The first-order valence-corrected chi connectivity index (χ1v) is 15.9. The SMILES string of the molecule is C/C1=C\C=C(\Nc2ccc(-c3ccccc3)cc2)CN(c2ccccc2)c2ccc(-c3cc4ccccc4c4ccccc34)cc21. The number of para-hydroxylation sites is 1. The van der Waals surface area contributed by atoms with Crippen molar-refractivity contribution in [1.29, 1.82) is 0 Å². The van der Waals surface area contributed by atoms with Gasteiger partial charge < -0.3 is 10.2 Å². The molecular formula is C44H34N2. The fourth-order valence-corrected chi connectivity index (χ4v) is 6.65. The molecule has 46 heavy (non-hydrogen) atoms. The molecule has 0 spiro atoms. The minimum Gasteiger partial charge on any atom is -0.357 e. The normalized spacial score (nSPS) is 15.3. The average Bonchev–Trinajstić information content (AvgIpc) is 3.12. The van der Waals surface area contributed by atoms with Gasteiger partial charge >= 0.3 is 0 Å². The molecule has 1 aliphatic rings. The molecule has 7 aromatic carbocycles. The van der Waals surface area contributed by atoms with Gasteiger partial charge in [-0.25, -0.2) is 0 Å². The number of allylic oxidation sites excluding steroid dienone is 3. The second-order valence-corrected chi connectivity index (χ2v) is 12.0. The van der Waals surface area contributed by atoms with Crippen molar-refractivity contribution < 1.29 is 0 Å². The first-order valence-electron chi connectivity index (χ1n) is 15.9. The van der Waals surface area contributed by atoms with Gasteiger partial charge in [0.2, 0.25) is 0 Å². The molecule has 1 heterocycles. The van der Waals surface area contributed by atoms with Crippen LogP contribution in [-0.4, -0.2) is 6.54 Å². The summed E-state index contributed by atoms with van der Waals surface area (Å²) in [6.45, 7) is 2.93. The Kier molecular flexibility index (Phi) is 7.16. The number of benzene rings is 7. The lowest BCUT2D eigenvalue weighted by Crippen LogP contribution is -2.24. The van der Waals surface area contributed by atoms with Gasteiger partial charge in [-0.3, -0.25) is 0 Å².